The van der Waals surface area contributed by atoms with Gasteiger partial charge in [-0.1, -0.05) is 6.92 Å². The third-order valence-corrected chi connectivity index (χ3v) is 3.41. The van der Waals surface area contributed by atoms with E-state index < -0.39 is 0 Å². The lowest BCUT2D eigenvalue weighted by Gasteiger charge is -2.36. The summed E-state index contributed by atoms with van der Waals surface area (Å²) < 4.78 is 5.57. The second-order valence-corrected chi connectivity index (χ2v) is 4.96. The molecule has 1 N–H and O–H groups in total. The van der Waals surface area contributed by atoms with Crippen molar-refractivity contribution in [2.24, 2.45) is 0 Å². The zero-order valence-corrected chi connectivity index (χ0v) is 11.9. The Morgan fingerprint density at radius 3 is 3.11 bits per heavy atom. The molecule has 1 fully saturated rings. The van der Waals surface area contributed by atoms with E-state index in [2.05, 4.69) is 27.1 Å². The van der Waals surface area contributed by atoms with Gasteiger partial charge in [0.25, 0.3) is 0 Å². The summed E-state index contributed by atoms with van der Waals surface area (Å²) in [6, 6.07) is 0.509. The van der Waals surface area contributed by atoms with Gasteiger partial charge in [0.05, 0.1) is 19.0 Å². The standard InChI is InChI=1S/C14H24N4O/c1-3-8-19-14-11-16-10-13(17-14)18-7-5-4-6-12(18)9-15-2/h10-12,15H,3-9H2,1-2H3. The van der Waals surface area contributed by atoms with Crippen molar-refractivity contribution in [3.05, 3.63) is 12.4 Å². The highest BCUT2D eigenvalue weighted by atomic mass is 16.5. The molecule has 0 aliphatic carbocycles. The number of aromatic nitrogens is 2. The Hall–Kier alpha value is -1.36. The predicted molar refractivity (Wildman–Crippen MR) is 76.7 cm³/mol. The van der Waals surface area contributed by atoms with Crippen LogP contribution in [0.2, 0.25) is 0 Å². The van der Waals surface area contributed by atoms with Crippen LogP contribution in [-0.4, -0.2) is 42.8 Å². The van der Waals surface area contributed by atoms with Gasteiger partial charge < -0.3 is 15.0 Å². The van der Waals surface area contributed by atoms with Crippen LogP contribution in [0.25, 0.3) is 0 Å². The molecule has 1 aromatic rings. The molecule has 5 nitrogen and oxygen atoms in total. The molecule has 0 spiro atoms. The minimum atomic E-state index is 0.509. The molecule has 1 aliphatic heterocycles. The summed E-state index contributed by atoms with van der Waals surface area (Å²) in [5, 5.41) is 3.26. The molecule has 1 saturated heterocycles. The van der Waals surface area contributed by atoms with E-state index in [4.69, 9.17) is 4.74 Å². The summed E-state index contributed by atoms with van der Waals surface area (Å²) in [4.78, 5) is 11.2. The van der Waals surface area contributed by atoms with E-state index in [9.17, 15) is 0 Å². The van der Waals surface area contributed by atoms with Crippen LogP contribution >= 0.6 is 0 Å². The third-order valence-electron chi connectivity index (χ3n) is 3.41. The van der Waals surface area contributed by atoms with Crippen molar-refractivity contribution in [1.82, 2.24) is 15.3 Å². The molecule has 1 unspecified atom stereocenters. The van der Waals surface area contributed by atoms with Crippen LogP contribution < -0.4 is 15.0 Å². The molecule has 0 aromatic carbocycles. The smallest absolute Gasteiger partial charge is 0.234 e. The molecule has 1 aliphatic rings. The number of rotatable bonds is 6. The van der Waals surface area contributed by atoms with Crippen molar-refractivity contribution in [1.29, 1.82) is 0 Å². The molecule has 1 aromatic heterocycles. The van der Waals surface area contributed by atoms with E-state index in [0.717, 1.165) is 25.3 Å². The first-order valence-corrected chi connectivity index (χ1v) is 7.21. The number of ether oxygens (including phenoxy) is 1. The van der Waals surface area contributed by atoms with Gasteiger partial charge in [-0.15, -0.1) is 0 Å². The summed E-state index contributed by atoms with van der Waals surface area (Å²) >= 11 is 0. The highest BCUT2D eigenvalue weighted by Crippen LogP contribution is 2.23. The second kappa shape index (κ2) is 7.28. The van der Waals surface area contributed by atoms with Crippen LogP contribution in [0.4, 0.5) is 5.82 Å². The maximum Gasteiger partial charge on any atom is 0.234 e. The minimum absolute atomic E-state index is 0.509. The van der Waals surface area contributed by atoms with E-state index in [-0.39, 0.29) is 0 Å². The van der Waals surface area contributed by atoms with Crippen LogP contribution in [-0.2, 0) is 0 Å². The van der Waals surface area contributed by atoms with Crippen molar-refractivity contribution >= 4 is 5.82 Å². The van der Waals surface area contributed by atoms with Crippen LogP contribution in [0, 0.1) is 0 Å². The number of piperidine rings is 1. The SMILES string of the molecule is CCCOc1cncc(N2CCCCC2CNC)n1. The van der Waals surface area contributed by atoms with E-state index in [1.165, 1.54) is 19.3 Å². The molecule has 106 valence electrons. The van der Waals surface area contributed by atoms with Gasteiger partial charge in [0.1, 0.15) is 0 Å². The first-order chi connectivity index (χ1) is 9.35. The Labute approximate surface area is 115 Å². The van der Waals surface area contributed by atoms with E-state index in [1.807, 2.05) is 13.2 Å². The molecule has 0 radical (unpaired) electrons. The van der Waals surface area contributed by atoms with Gasteiger partial charge in [-0.25, -0.2) is 0 Å². The average molecular weight is 264 g/mol. The van der Waals surface area contributed by atoms with Crippen LogP contribution in [0.3, 0.4) is 0 Å². The topological polar surface area (TPSA) is 50.3 Å². The van der Waals surface area contributed by atoms with Crippen LogP contribution in [0.5, 0.6) is 5.88 Å². The van der Waals surface area contributed by atoms with Crippen molar-refractivity contribution in [2.45, 2.75) is 38.6 Å². The van der Waals surface area contributed by atoms with E-state index >= 15 is 0 Å². The molecule has 2 heterocycles. The lowest BCUT2D eigenvalue weighted by Crippen LogP contribution is -2.45. The predicted octanol–water partition coefficient (Wildman–Crippen LogP) is 1.84. The molecule has 19 heavy (non-hydrogen) atoms. The molecule has 5 heteroatoms. The number of likely N-dealkylation sites (N-methyl/N-ethyl adjacent to an activating group) is 1. The fourth-order valence-electron chi connectivity index (χ4n) is 2.50. The summed E-state index contributed by atoms with van der Waals surface area (Å²) in [5.74, 6) is 1.57. The van der Waals surface area contributed by atoms with Gasteiger partial charge >= 0.3 is 0 Å². The first-order valence-electron chi connectivity index (χ1n) is 7.21. The normalized spacial score (nSPS) is 19.5. The number of nitrogens with zero attached hydrogens (tertiary/aromatic N) is 3. The molecule has 0 saturated carbocycles. The second-order valence-electron chi connectivity index (χ2n) is 4.96. The van der Waals surface area contributed by atoms with E-state index in [1.54, 1.807) is 6.20 Å². The number of hydrogen-bond donors (Lipinski definition) is 1. The summed E-state index contributed by atoms with van der Waals surface area (Å²) in [6.07, 6.45) is 8.24. The quantitative estimate of drug-likeness (QED) is 0.849. The molecule has 2 rings (SSSR count). The van der Waals surface area contributed by atoms with E-state index in [0.29, 0.717) is 18.5 Å². The minimum Gasteiger partial charge on any atom is -0.477 e. The summed E-state index contributed by atoms with van der Waals surface area (Å²) in [5.41, 5.74) is 0. The van der Waals surface area contributed by atoms with Gasteiger partial charge in [-0.05, 0) is 32.7 Å². The lowest BCUT2D eigenvalue weighted by molar-refractivity contribution is 0.303. The number of hydrogen-bond acceptors (Lipinski definition) is 5. The number of nitrogens with one attached hydrogen (secondary N) is 1. The maximum atomic E-state index is 5.57. The molecule has 0 amide bonds. The van der Waals surface area contributed by atoms with Gasteiger partial charge in [0.15, 0.2) is 5.82 Å². The largest absolute Gasteiger partial charge is 0.477 e. The monoisotopic (exact) mass is 264 g/mol. The van der Waals surface area contributed by atoms with Crippen molar-refractivity contribution in [3.8, 4) is 5.88 Å². The Bertz CT molecular complexity index is 383. The molecular weight excluding hydrogens is 240 g/mol. The molecule has 1 atom stereocenters. The average Bonchev–Trinajstić information content (AvgIpc) is 2.46. The zero-order chi connectivity index (χ0) is 13.5. The van der Waals surface area contributed by atoms with Crippen molar-refractivity contribution < 1.29 is 4.74 Å². The van der Waals surface area contributed by atoms with Crippen molar-refractivity contribution in [3.63, 3.8) is 0 Å². The highest BCUT2D eigenvalue weighted by molar-refractivity contribution is 5.39. The fourth-order valence-corrected chi connectivity index (χ4v) is 2.50. The van der Waals surface area contributed by atoms with Crippen molar-refractivity contribution in [2.75, 3.05) is 31.6 Å². The molecular formula is C14H24N4O. The summed E-state index contributed by atoms with van der Waals surface area (Å²) in [6.45, 7) is 4.82. The zero-order valence-electron chi connectivity index (χ0n) is 11.9. The third kappa shape index (κ3) is 3.80. The van der Waals surface area contributed by atoms with Gasteiger partial charge in [-0.2, -0.15) is 4.98 Å². The van der Waals surface area contributed by atoms with Gasteiger partial charge in [0, 0.05) is 19.1 Å². The Kier molecular flexibility index (Phi) is 5.39. The maximum absolute atomic E-state index is 5.57. The number of anilines is 1. The first kappa shape index (κ1) is 14.1. The Morgan fingerprint density at radius 1 is 1.42 bits per heavy atom. The van der Waals surface area contributed by atoms with Crippen LogP contribution in [0.1, 0.15) is 32.6 Å². The highest BCUT2D eigenvalue weighted by Gasteiger charge is 2.23. The van der Waals surface area contributed by atoms with Gasteiger partial charge in [0.2, 0.25) is 5.88 Å². The van der Waals surface area contributed by atoms with Crippen LogP contribution in [0.15, 0.2) is 12.4 Å². The fraction of sp³-hybridized carbons (Fsp3) is 0.714. The lowest BCUT2D eigenvalue weighted by atomic mass is 10.0. The molecule has 0 bridgehead atoms. The van der Waals surface area contributed by atoms with Gasteiger partial charge in [-0.3, -0.25) is 4.98 Å². The Balaban J connectivity index is 2.09. The summed E-state index contributed by atoms with van der Waals surface area (Å²) in [7, 11) is 2.00. The Morgan fingerprint density at radius 2 is 2.32 bits per heavy atom.